The van der Waals surface area contributed by atoms with Crippen LogP contribution in [0.4, 0.5) is 8.78 Å². The highest BCUT2D eigenvalue weighted by molar-refractivity contribution is 5.43. The highest BCUT2D eigenvalue weighted by atomic mass is 19.3. The Bertz CT molecular complexity index is 1000. The average Bonchev–Trinajstić information content (AvgIpc) is 2.81. The van der Waals surface area contributed by atoms with Crippen molar-refractivity contribution in [3.8, 4) is 5.75 Å². The molecule has 1 saturated heterocycles. The quantitative estimate of drug-likeness (QED) is 0.386. The topological polar surface area (TPSA) is 27.7 Å². The largest absolute Gasteiger partial charge is 0.432 e. The molecule has 0 unspecified atom stereocenters. The minimum atomic E-state index is -3.35. The van der Waals surface area contributed by atoms with E-state index in [0.29, 0.717) is 23.0 Å². The van der Waals surface area contributed by atoms with Crippen molar-refractivity contribution in [3.63, 3.8) is 0 Å². The number of benzene rings is 2. The van der Waals surface area contributed by atoms with Crippen molar-refractivity contribution in [1.82, 2.24) is 0 Å². The third kappa shape index (κ3) is 6.47. The van der Waals surface area contributed by atoms with Gasteiger partial charge in [0.25, 0.3) is 0 Å². The molecule has 3 nitrogen and oxygen atoms in total. The summed E-state index contributed by atoms with van der Waals surface area (Å²) in [4.78, 5) is 0. The fourth-order valence-corrected chi connectivity index (χ4v) is 5.94. The Balaban J connectivity index is 1.22. The Morgan fingerprint density at radius 1 is 0.778 bits per heavy atom. The van der Waals surface area contributed by atoms with Gasteiger partial charge in [0.15, 0.2) is 6.29 Å². The number of alkyl halides is 2. The molecule has 1 aliphatic carbocycles. The monoisotopic (exact) mass is 500 g/mol. The van der Waals surface area contributed by atoms with Crippen LogP contribution in [-0.4, -0.2) is 25.6 Å². The van der Waals surface area contributed by atoms with E-state index in [1.807, 2.05) is 19.1 Å². The first kappa shape index (κ1) is 27.1. The van der Waals surface area contributed by atoms with Gasteiger partial charge in [-0.15, -0.1) is 0 Å². The summed E-state index contributed by atoms with van der Waals surface area (Å²) in [5.74, 6) is 0.371. The Kier molecular flexibility index (Phi) is 8.41. The molecular weight excluding hydrogens is 458 g/mol. The molecule has 1 aliphatic heterocycles. The van der Waals surface area contributed by atoms with Crippen molar-refractivity contribution < 1.29 is 23.0 Å². The maximum Gasteiger partial charge on any atom is 0.405 e. The zero-order valence-electron chi connectivity index (χ0n) is 22.8. The van der Waals surface area contributed by atoms with E-state index in [9.17, 15) is 8.78 Å². The number of ether oxygens (including phenoxy) is 3. The van der Waals surface area contributed by atoms with Crippen LogP contribution in [0.15, 0.2) is 24.3 Å². The SMILES string of the molecule is Cc1cc(C)c(OC(F)(F)C2COC(CC3CCC(Cc4cc(C)c(C)c(C)c4)CC3)OC2)c(C)c1. The molecule has 2 aromatic carbocycles. The summed E-state index contributed by atoms with van der Waals surface area (Å²) in [5, 5.41) is 0. The summed E-state index contributed by atoms with van der Waals surface area (Å²) >= 11 is 0. The van der Waals surface area contributed by atoms with Gasteiger partial charge in [-0.2, -0.15) is 8.78 Å². The molecule has 1 heterocycles. The van der Waals surface area contributed by atoms with Crippen LogP contribution < -0.4 is 4.74 Å². The number of hydrogen-bond acceptors (Lipinski definition) is 3. The van der Waals surface area contributed by atoms with Gasteiger partial charge in [-0.1, -0.05) is 29.8 Å². The van der Waals surface area contributed by atoms with Gasteiger partial charge < -0.3 is 14.2 Å². The van der Waals surface area contributed by atoms with Crippen molar-refractivity contribution in [1.29, 1.82) is 0 Å². The van der Waals surface area contributed by atoms with Crippen molar-refractivity contribution in [3.05, 3.63) is 63.2 Å². The summed E-state index contributed by atoms with van der Waals surface area (Å²) in [7, 11) is 0. The average molecular weight is 501 g/mol. The second-order valence-corrected chi connectivity index (χ2v) is 11.4. The lowest BCUT2D eigenvalue weighted by molar-refractivity contribution is -0.293. The van der Waals surface area contributed by atoms with Crippen LogP contribution in [0.1, 0.15) is 71.0 Å². The summed E-state index contributed by atoms with van der Waals surface area (Å²) in [6.07, 6.45) is 2.87. The van der Waals surface area contributed by atoms with E-state index in [1.165, 1.54) is 35.1 Å². The van der Waals surface area contributed by atoms with Crippen LogP contribution in [0.25, 0.3) is 0 Å². The minimum Gasteiger partial charge on any atom is -0.432 e. The maximum absolute atomic E-state index is 15.0. The molecule has 0 atom stereocenters. The predicted molar refractivity (Wildman–Crippen MR) is 140 cm³/mol. The van der Waals surface area contributed by atoms with Crippen LogP contribution >= 0.6 is 0 Å². The van der Waals surface area contributed by atoms with Crippen LogP contribution in [-0.2, 0) is 15.9 Å². The molecule has 2 fully saturated rings. The van der Waals surface area contributed by atoms with Crippen LogP contribution in [0.5, 0.6) is 5.75 Å². The molecule has 1 saturated carbocycles. The van der Waals surface area contributed by atoms with Gasteiger partial charge in [0.2, 0.25) is 0 Å². The number of rotatable bonds is 7. The smallest absolute Gasteiger partial charge is 0.405 e. The molecule has 0 spiro atoms. The molecule has 5 heteroatoms. The maximum atomic E-state index is 15.0. The molecule has 2 aromatic rings. The van der Waals surface area contributed by atoms with E-state index >= 15 is 0 Å². The molecule has 0 aromatic heterocycles. The van der Waals surface area contributed by atoms with Crippen LogP contribution in [0, 0.1) is 59.3 Å². The molecule has 2 aliphatic rings. The lowest BCUT2D eigenvalue weighted by atomic mass is 9.77. The van der Waals surface area contributed by atoms with E-state index in [-0.39, 0.29) is 19.0 Å². The van der Waals surface area contributed by atoms with Gasteiger partial charge in [0, 0.05) is 6.42 Å². The summed E-state index contributed by atoms with van der Waals surface area (Å²) in [6.45, 7) is 12.0. The van der Waals surface area contributed by atoms with Crippen molar-refractivity contribution >= 4 is 0 Å². The zero-order valence-corrected chi connectivity index (χ0v) is 22.8. The van der Waals surface area contributed by atoms with E-state index in [4.69, 9.17) is 14.2 Å². The highest BCUT2D eigenvalue weighted by Crippen LogP contribution is 2.38. The first-order valence-corrected chi connectivity index (χ1v) is 13.5. The Morgan fingerprint density at radius 3 is 1.86 bits per heavy atom. The highest BCUT2D eigenvalue weighted by Gasteiger charge is 2.46. The third-order valence-corrected chi connectivity index (χ3v) is 8.29. The Morgan fingerprint density at radius 2 is 1.31 bits per heavy atom. The lowest BCUT2D eigenvalue weighted by Gasteiger charge is -2.36. The van der Waals surface area contributed by atoms with Gasteiger partial charge >= 0.3 is 6.11 Å². The van der Waals surface area contributed by atoms with E-state index in [1.54, 1.807) is 13.8 Å². The Labute approximate surface area is 215 Å². The molecule has 198 valence electrons. The first-order chi connectivity index (χ1) is 17.0. The summed E-state index contributed by atoms with van der Waals surface area (Å²) in [5.41, 5.74) is 8.05. The first-order valence-electron chi connectivity index (χ1n) is 13.5. The summed E-state index contributed by atoms with van der Waals surface area (Å²) < 4.78 is 46.7. The third-order valence-electron chi connectivity index (χ3n) is 8.29. The van der Waals surface area contributed by atoms with Gasteiger partial charge in [0.05, 0.1) is 13.2 Å². The standard InChI is InChI=1S/C31H42F2O3/c1-19-11-22(4)30(23(5)12-19)36-31(32,33)28-17-34-29(35-18-28)16-26-9-7-25(8-10-26)15-27-13-20(2)24(6)21(3)14-27/h11-14,25-26,28-29H,7-10,15-18H2,1-6H3. The van der Waals surface area contributed by atoms with Crippen molar-refractivity contribution in [2.24, 2.45) is 17.8 Å². The molecule has 4 rings (SSSR count). The normalized spacial score (nSPS) is 25.1. The molecule has 0 bridgehead atoms. The van der Waals surface area contributed by atoms with Crippen molar-refractivity contribution in [2.75, 3.05) is 13.2 Å². The molecular formula is C31H42F2O3. The summed E-state index contributed by atoms with van der Waals surface area (Å²) in [6, 6.07) is 8.41. The number of aryl methyl sites for hydroxylation is 5. The van der Waals surface area contributed by atoms with E-state index in [0.717, 1.165) is 31.2 Å². The second kappa shape index (κ2) is 11.2. The molecule has 0 radical (unpaired) electrons. The second-order valence-electron chi connectivity index (χ2n) is 11.4. The van der Waals surface area contributed by atoms with Crippen LogP contribution in [0.3, 0.4) is 0 Å². The van der Waals surface area contributed by atoms with Crippen molar-refractivity contribution in [2.45, 2.75) is 92.5 Å². The van der Waals surface area contributed by atoms with Gasteiger partial charge in [-0.3, -0.25) is 0 Å². The fraction of sp³-hybridized carbons (Fsp3) is 0.613. The molecule has 0 N–H and O–H groups in total. The fourth-order valence-electron chi connectivity index (χ4n) is 5.94. The van der Waals surface area contributed by atoms with Gasteiger partial charge in [0.1, 0.15) is 11.7 Å². The van der Waals surface area contributed by atoms with E-state index < -0.39 is 18.3 Å². The van der Waals surface area contributed by atoms with Gasteiger partial charge in [-0.05, 0) is 119 Å². The molecule has 0 amide bonds. The predicted octanol–water partition coefficient (Wildman–Crippen LogP) is 7.94. The number of hydrogen-bond donors (Lipinski definition) is 0. The lowest BCUT2D eigenvalue weighted by Crippen LogP contribution is -2.46. The zero-order chi connectivity index (χ0) is 26.0. The van der Waals surface area contributed by atoms with Crippen LogP contribution in [0.2, 0.25) is 0 Å². The minimum absolute atomic E-state index is 0.0525. The Hall–Kier alpha value is -1.98. The van der Waals surface area contributed by atoms with Gasteiger partial charge in [-0.25, -0.2) is 0 Å². The number of halogens is 2. The molecule has 36 heavy (non-hydrogen) atoms. The van der Waals surface area contributed by atoms with E-state index in [2.05, 4.69) is 32.9 Å².